The number of rotatable bonds is 3. The van der Waals surface area contributed by atoms with Crippen LogP contribution in [0, 0.1) is 0 Å². The number of pyridine rings is 1. The number of phenols is 1. The highest BCUT2D eigenvalue weighted by Gasteiger charge is 2.13. The smallest absolute Gasteiger partial charge is 0.116 e. The van der Waals surface area contributed by atoms with Gasteiger partial charge in [0.1, 0.15) is 5.75 Å². The van der Waals surface area contributed by atoms with Crippen LogP contribution in [0.2, 0.25) is 5.02 Å². The molecule has 3 aromatic carbocycles. The zero-order valence-corrected chi connectivity index (χ0v) is 14.2. The fourth-order valence-corrected chi connectivity index (χ4v) is 3.40. The second kappa shape index (κ2) is 6.58. The van der Waals surface area contributed by atoms with Crippen molar-refractivity contribution in [3.63, 3.8) is 0 Å². The maximum absolute atomic E-state index is 9.94. The summed E-state index contributed by atoms with van der Waals surface area (Å²) in [6.07, 6.45) is 2.65. The van der Waals surface area contributed by atoms with E-state index in [0.717, 1.165) is 34.0 Å². The zero-order chi connectivity index (χ0) is 17.2. The normalized spacial score (nSPS) is 10.9. The minimum absolute atomic E-state index is 0.246. The van der Waals surface area contributed by atoms with Crippen LogP contribution in [0.15, 0.2) is 79.0 Å². The van der Waals surface area contributed by atoms with E-state index in [0.29, 0.717) is 5.02 Å². The maximum atomic E-state index is 9.94. The second-order valence-corrected chi connectivity index (χ2v) is 6.41. The molecule has 0 spiro atoms. The zero-order valence-electron chi connectivity index (χ0n) is 13.5. The molecule has 0 aliphatic carbocycles. The molecule has 122 valence electrons. The van der Waals surface area contributed by atoms with Gasteiger partial charge in [0.05, 0.1) is 10.5 Å². The van der Waals surface area contributed by atoms with Crippen molar-refractivity contribution in [2.75, 3.05) is 0 Å². The molecule has 1 N–H and O–H groups in total. The standard InChI is InChI=1S/C22H16ClNO/c23-20-11-5-10-19-21(16-8-4-9-18(25)13-16)17(14-24-22(19)20)12-15-6-2-1-3-7-15/h1-11,13-14,25H,12H2. The summed E-state index contributed by atoms with van der Waals surface area (Å²) in [5, 5.41) is 11.6. The first-order valence-electron chi connectivity index (χ1n) is 8.12. The summed E-state index contributed by atoms with van der Waals surface area (Å²) >= 11 is 6.35. The average molecular weight is 346 g/mol. The molecule has 0 fully saturated rings. The summed E-state index contributed by atoms with van der Waals surface area (Å²) in [4.78, 5) is 4.59. The van der Waals surface area contributed by atoms with Crippen molar-refractivity contribution in [1.82, 2.24) is 4.98 Å². The van der Waals surface area contributed by atoms with Crippen molar-refractivity contribution >= 4 is 22.5 Å². The van der Waals surface area contributed by atoms with E-state index in [2.05, 4.69) is 17.1 Å². The molecule has 0 atom stereocenters. The van der Waals surface area contributed by atoms with Crippen LogP contribution in [0.1, 0.15) is 11.1 Å². The predicted octanol–water partition coefficient (Wildman–Crippen LogP) is 5.85. The third-order valence-electron chi connectivity index (χ3n) is 4.30. The van der Waals surface area contributed by atoms with Gasteiger partial charge in [0.2, 0.25) is 0 Å². The van der Waals surface area contributed by atoms with Gasteiger partial charge in [0, 0.05) is 11.6 Å². The number of fused-ring (bicyclic) bond motifs is 1. The Morgan fingerprint density at radius 3 is 2.48 bits per heavy atom. The Hall–Kier alpha value is -2.84. The molecule has 25 heavy (non-hydrogen) atoms. The third kappa shape index (κ3) is 3.09. The molecule has 0 unspecified atom stereocenters. The summed E-state index contributed by atoms with van der Waals surface area (Å²) in [6, 6.07) is 23.4. The number of hydrogen-bond donors (Lipinski definition) is 1. The molecule has 0 saturated heterocycles. The van der Waals surface area contributed by atoms with E-state index in [1.165, 1.54) is 5.56 Å². The van der Waals surface area contributed by atoms with Gasteiger partial charge >= 0.3 is 0 Å². The molecule has 0 radical (unpaired) electrons. The van der Waals surface area contributed by atoms with Crippen LogP contribution in [-0.4, -0.2) is 10.1 Å². The van der Waals surface area contributed by atoms with E-state index < -0.39 is 0 Å². The molecule has 4 aromatic rings. The molecule has 0 saturated carbocycles. The SMILES string of the molecule is Oc1cccc(-c2c(Cc3ccccc3)cnc3c(Cl)cccc23)c1. The largest absolute Gasteiger partial charge is 0.508 e. The van der Waals surface area contributed by atoms with E-state index in [4.69, 9.17) is 11.6 Å². The van der Waals surface area contributed by atoms with E-state index in [9.17, 15) is 5.11 Å². The minimum Gasteiger partial charge on any atom is -0.508 e. The second-order valence-electron chi connectivity index (χ2n) is 6.01. The number of aromatic nitrogens is 1. The quantitative estimate of drug-likeness (QED) is 0.505. The highest BCUT2D eigenvalue weighted by molar-refractivity contribution is 6.35. The van der Waals surface area contributed by atoms with Crippen molar-refractivity contribution in [2.24, 2.45) is 0 Å². The van der Waals surface area contributed by atoms with Gasteiger partial charge in [-0.2, -0.15) is 0 Å². The Bertz CT molecular complexity index is 1040. The van der Waals surface area contributed by atoms with Gasteiger partial charge in [-0.1, -0.05) is 66.2 Å². The summed E-state index contributed by atoms with van der Waals surface area (Å²) < 4.78 is 0. The molecule has 1 heterocycles. The number of phenolic OH excluding ortho intramolecular Hbond substituents is 1. The summed E-state index contributed by atoms with van der Waals surface area (Å²) in [7, 11) is 0. The summed E-state index contributed by atoms with van der Waals surface area (Å²) in [5.74, 6) is 0.246. The van der Waals surface area contributed by atoms with E-state index >= 15 is 0 Å². The molecule has 0 aliphatic rings. The van der Waals surface area contributed by atoms with Crippen LogP contribution in [0.3, 0.4) is 0 Å². The molecule has 0 amide bonds. The van der Waals surface area contributed by atoms with Crippen molar-refractivity contribution < 1.29 is 5.11 Å². The summed E-state index contributed by atoms with van der Waals surface area (Å²) in [6.45, 7) is 0. The lowest BCUT2D eigenvalue weighted by Crippen LogP contribution is -1.96. The van der Waals surface area contributed by atoms with Gasteiger partial charge in [-0.15, -0.1) is 0 Å². The van der Waals surface area contributed by atoms with Gasteiger partial charge in [0.15, 0.2) is 0 Å². The molecule has 1 aromatic heterocycles. The van der Waals surface area contributed by atoms with Gasteiger partial charge in [-0.25, -0.2) is 0 Å². The Balaban J connectivity index is 1.98. The Kier molecular flexibility index (Phi) is 4.12. The van der Waals surface area contributed by atoms with Gasteiger partial charge in [-0.05, 0) is 46.9 Å². The fraction of sp³-hybridized carbons (Fsp3) is 0.0455. The minimum atomic E-state index is 0.246. The number of halogens is 1. The Morgan fingerprint density at radius 2 is 1.68 bits per heavy atom. The molecule has 3 heteroatoms. The van der Waals surface area contributed by atoms with E-state index in [1.807, 2.05) is 54.7 Å². The van der Waals surface area contributed by atoms with Crippen LogP contribution >= 0.6 is 11.6 Å². The number of hydrogen-bond acceptors (Lipinski definition) is 2. The molecular weight excluding hydrogens is 330 g/mol. The average Bonchev–Trinajstić information content (AvgIpc) is 2.62. The molecule has 4 rings (SSSR count). The maximum Gasteiger partial charge on any atom is 0.116 e. The molecule has 2 nitrogen and oxygen atoms in total. The fourth-order valence-electron chi connectivity index (χ4n) is 3.18. The third-order valence-corrected chi connectivity index (χ3v) is 4.60. The van der Waals surface area contributed by atoms with Crippen LogP contribution in [-0.2, 0) is 6.42 Å². The highest BCUT2D eigenvalue weighted by atomic mass is 35.5. The number of para-hydroxylation sites is 1. The number of aromatic hydroxyl groups is 1. The number of benzene rings is 3. The Labute approximate surface area is 151 Å². The lowest BCUT2D eigenvalue weighted by molar-refractivity contribution is 0.475. The lowest BCUT2D eigenvalue weighted by Gasteiger charge is -2.14. The topological polar surface area (TPSA) is 33.1 Å². The first-order chi connectivity index (χ1) is 12.2. The van der Waals surface area contributed by atoms with Crippen LogP contribution in [0.4, 0.5) is 0 Å². The lowest BCUT2D eigenvalue weighted by atomic mass is 9.93. The first-order valence-corrected chi connectivity index (χ1v) is 8.49. The van der Waals surface area contributed by atoms with Crippen molar-refractivity contribution in [3.8, 4) is 16.9 Å². The van der Waals surface area contributed by atoms with Gasteiger partial charge in [-0.3, -0.25) is 4.98 Å². The molecular formula is C22H16ClNO. The van der Waals surface area contributed by atoms with Crippen molar-refractivity contribution in [1.29, 1.82) is 0 Å². The van der Waals surface area contributed by atoms with Crippen LogP contribution in [0.25, 0.3) is 22.0 Å². The van der Waals surface area contributed by atoms with E-state index in [1.54, 1.807) is 12.1 Å². The Morgan fingerprint density at radius 1 is 0.880 bits per heavy atom. The molecule has 0 aliphatic heterocycles. The van der Waals surface area contributed by atoms with Gasteiger partial charge in [0.25, 0.3) is 0 Å². The van der Waals surface area contributed by atoms with Gasteiger partial charge < -0.3 is 5.11 Å². The summed E-state index contributed by atoms with van der Waals surface area (Å²) in [5.41, 5.74) is 5.12. The predicted molar refractivity (Wildman–Crippen MR) is 103 cm³/mol. The molecule has 0 bridgehead atoms. The van der Waals surface area contributed by atoms with E-state index in [-0.39, 0.29) is 5.75 Å². The highest BCUT2D eigenvalue weighted by Crippen LogP contribution is 2.35. The number of nitrogens with zero attached hydrogens (tertiary/aromatic N) is 1. The van der Waals surface area contributed by atoms with Crippen molar-refractivity contribution in [3.05, 3.63) is 95.1 Å². The monoisotopic (exact) mass is 345 g/mol. The van der Waals surface area contributed by atoms with Crippen molar-refractivity contribution in [2.45, 2.75) is 6.42 Å². The first kappa shape index (κ1) is 15.7. The van der Waals surface area contributed by atoms with Crippen LogP contribution in [0.5, 0.6) is 5.75 Å². The van der Waals surface area contributed by atoms with Crippen LogP contribution < -0.4 is 0 Å².